The number of hydrogen-bond donors (Lipinski definition) is 2. The lowest BCUT2D eigenvalue weighted by molar-refractivity contribution is 0.352. The minimum Gasteiger partial charge on any atom is -0.339 e. The summed E-state index contributed by atoms with van der Waals surface area (Å²) in [5.41, 5.74) is 5.93. The van der Waals surface area contributed by atoms with Crippen LogP contribution in [0.2, 0.25) is 0 Å². The molecule has 2 fully saturated rings. The number of nitrogens with two attached hydrogens (primary N) is 1. The molecule has 0 aromatic carbocycles. The molecule has 3 N–H and O–H groups in total. The Morgan fingerprint density at radius 2 is 1.84 bits per heavy atom. The van der Waals surface area contributed by atoms with E-state index in [2.05, 4.69) is 20.1 Å². The van der Waals surface area contributed by atoms with Gasteiger partial charge in [-0.05, 0) is 18.8 Å². The summed E-state index contributed by atoms with van der Waals surface area (Å²) in [5.74, 6) is 2.75. The molecule has 1 saturated heterocycles. The number of rotatable bonds is 3. The Kier molecular flexibility index (Phi) is 4.01. The number of aromatic nitrogens is 3. The van der Waals surface area contributed by atoms with Gasteiger partial charge in [0.05, 0.1) is 0 Å². The van der Waals surface area contributed by atoms with Gasteiger partial charge in [0, 0.05) is 25.6 Å². The van der Waals surface area contributed by atoms with E-state index >= 15 is 0 Å². The van der Waals surface area contributed by atoms with Gasteiger partial charge < -0.3 is 10.6 Å². The Morgan fingerprint density at radius 1 is 1.11 bits per heavy atom. The molecule has 1 aromatic heterocycles. The van der Waals surface area contributed by atoms with Gasteiger partial charge in [0.2, 0.25) is 5.95 Å². The molecule has 2 aliphatic rings. The number of anilines is 1. The molecule has 0 radical (unpaired) electrons. The van der Waals surface area contributed by atoms with Crippen LogP contribution in [0.25, 0.3) is 0 Å². The zero-order valence-electron chi connectivity index (χ0n) is 11.6. The molecule has 5 nitrogen and oxygen atoms in total. The van der Waals surface area contributed by atoms with Crippen molar-refractivity contribution in [2.24, 2.45) is 11.7 Å². The van der Waals surface area contributed by atoms with E-state index in [0.29, 0.717) is 6.04 Å². The molecule has 3 rings (SSSR count). The van der Waals surface area contributed by atoms with Crippen LogP contribution in [0.4, 0.5) is 5.95 Å². The van der Waals surface area contributed by atoms with E-state index in [-0.39, 0.29) is 0 Å². The highest BCUT2D eigenvalue weighted by molar-refractivity contribution is 5.29. The second kappa shape index (κ2) is 5.90. The Hall–Kier alpha value is -1.10. The van der Waals surface area contributed by atoms with Crippen molar-refractivity contribution < 1.29 is 0 Å². The molecule has 2 heterocycles. The van der Waals surface area contributed by atoms with Crippen molar-refractivity contribution in [3.8, 4) is 0 Å². The average Bonchev–Trinajstić information content (AvgIpc) is 2.89. The normalized spacial score (nSPS) is 22.9. The van der Waals surface area contributed by atoms with E-state index in [9.17, 15) is 0 Å². The summed E-state index contributed by atoms with van der Waals surface area (Å²) in [4.78, 5) is 6.93. The molecule has 0 unspecified atom stereocenters. The predicted molar refractivity (Wildman–Crippen MR) is 76.1 cm³/mol. The van der Waals surface area contributed by atoms with E-state index in [1.807, 2.05) is 0 Å². The van der Waals surface area contributed by atoms with Crippen molar-refractivity contribution in [1.29, 1.82) is 0 Å². The number of aromatic amines is 1. The molecular formula is C14H25N5. The van der Waals surface area contributed by atoms with Crippen molar-refractivity contribution in [3.63, 3.8) is 0 Å². The largest absolute Gasteiger partial charge is 0.339 e. The summed E-state index contributed by atoms with van der Waals surface area (Å²) in [5, 5.41) is 7.51. The number of H-pyrrole nitrogens is 1. The van der Waals surface area contributed by atoms with Crippen LogP contribution in [-0.4, -0.2) is 34.3 Å². The minimum absolute atomic E-state index is 0.358. The topological polar surface area (TPSA) is 70.8 Å². The highest BCUT2D eigenvalue weighted by atomic mass is 15.4. The quantitative estimate of drug-likeness (QED) is 0.873. The first-order chi connectivity index (χ1) is 9.31. The van der Waals surface area contributed by atoms with E-state index in [1.54, 1.807) is 0 Å². The zero-order chi connectivity index (χ0) is 13.1. The van der Waals surface area contributed by atoms with Crippen LogP contribution >= 0.6 is 0 Å². The van der Waals surface area contributed by atoms with Crippen molar-refractivity contribution in [1.82, 2.24) is 15.2 Å². The third-order valence-corrected chi connectivity index (χ3v) is 4.55. The maximum absolute atomic E-state index is 5.93. The molecule has 1 aromatic rings. The lowest BCUT2D eigenvalue weighted by Gasteiger charge is -2.28. The summed E-state index contributed by atoms with van der Waals surface area (Å²) in [7, 11) is 0. The molecule has 1 aliphatic heterocycles. The van der Waals surface area contributed by atoms with Gasteiger partial charge in [0.1, 0.15) is 5.82 Å². The first kappa shape index (κ1) is 12.9. The van der Waals surface area contributed by atoms with E-state index in [4.69, 9.17) is 5.73 Å². The van der Waals surface area contributed by atoms with E-state index in [0.717, 1.165) is 50.0 Å². The lowest BCUT2D eigenvalue weighted by atomic mass is 9.87. The van der Waals surface area contributed by atoms with Gasteiger partial charge >= 0.3 is 0 Å². The number of piperidine rings is 1. The van der Waals surface area contributed by atoms with Crippen LogP contribution in [0.3, 0.4) is 0 Å². The maximum atomic E-state index is 5.93. The molecule has 1 aliphatic carbocycles. The van der Waals surface area contributed by atoms with E-state index < -0.39 is 0 Å². The average molecular weight is 263 g/mol. The van der Waals surface area contributed by atoms with Crippen LogP contribution < -0.4 is 10.6 Å². The fourth-order valence-corrected chi connectivity index (χ4v) is 3.28. The predicted octanol–water partition coefficient (Wildman–Crippen LogP) is 1.85. The van der Waals surface area contributed by atoms with Crippen LogP contribution in [0.1, 0.15) is 50.8 Å². The van der Waals surface area contributed by atoms with Crippen molar-refractivity contribution >= 4 is 5.95 Å². The van der Waals surface area contributed by atoms with Gasteiger partial charge in [-0.25, -0.2) is 0 Å². The number of nitrogens with zero attached hydrogens (tertiary/aromatic N) is 3. The molecule has 0 amide bonds. The van der Waals surface area contributed by atoms with Crippen LogP contribution in [-0.2, 0) is 6.42 Å². The van der Waals surface area contributed by atoms with Gasteiger partial charge in [0.15, 0.2) is 0 Å². The van der Waals surface area contributed by atoms with Gasteiger partial charge in [-0.1, -0.05) is 32.1 Å². The number of nitrogens with one attached hydrogen (secondary N) is 1. The zero-order valence-corrected chi connectivity index (χ0v) is 11.6. The van der Waals surface area contributed by atoms with Gasteiger partial charge in [-0.2, -0.15) is 4.98 Å². The maximum Gasteiger partial charge on any atom is 0.244 e. The lowest BCUT2D eigenvalue weighted by Crippen LogP contribution is -2.40. The van der Waals surface area contributed by atoms with E-state index in [1.165, 1.54) is 32.1 Å². The molecule has 106 valence electrons. The molecule has 19 heavy (non-hydrogen) atoms. The van der Waals surface area contributed by atoms with Crippen molar-refractivity contribution in [2.75, 3.05) is 18.0 Å². The monoisotopic (exact) mass is 263 g/mol. The first-order valence-electron chi connectivity index (χ1n) is 7.73. The highest BCUT2D eigenvalue weighted by Crippen LogP contribution is 2.26. The Balaban J connectivity index is 1.56. The molecule has 0 bridgehead atoms. The summed E-state index contributed by atoms with van der Waals surface area (Å²) in [6.07, 6.45) is 10.1. The third-order valence-electron chi connectivity index (χ3n) is 4.55. The van der Waals surface area contributed by atoms with Gasteiger partial charge in [-0.3, -0.25) is 5.10 Å². The summed E-state index contributed by atoms with van der Waals surface area (Å²) in [6.45, 7) is 1.98. The molecule has 5 heteroatoms. The third kappa shape index (κ3) is 3.26. The van der Waals surface area contributed by atoms with Crippen molar-refractivity contribution in [3.05, 3.63) is 5.82 Å². The highest BCUT2D eigenvalue weighted by Gasteiger charge is 2.21. The summed E-state index contributed by atoms with van der Waals surface area (Å²) >= 11 is 0. The smallest absolute Gasteiger partial charge is 0.244 e. The Morgan fingerprint density at radius 3 is 2.58 bits per heavy atom. The van der Waals surface area contributed by atoms with Crippen LogP contribution in [0.15, 0.2) is 0 Å². The summed E-state index contributed by atoms with van der Waals surface area (Å²) < 4.78 is 0. The van der Waals surface area contributed by atoms with Crippen molar-refractivity contribution in [2.45, 2.75) is 57.4 Å². The second-order valence-corrected chi connectivity index (χ2v) is 6.11. The molecule has 0 spiro atoms. The van der Waals surface area contributed by atoms with Crippen LogP contribution in [0, 0.1) is 5.92 Å². The molecule has 1 saturated carbocycles. The minimum atomic E-state index is 0.358. The second-order valence-electron chi connectivity index (χ2n) is 6.11. The molecular weight excluding hydrogens is 238 g/mol. The fourth-order valence-electron chi connectivity index (χ4n) is 3.28. The molecule has 0 atom stereocenters. The first-order valence-corrected chi connectivity index (χ1v) is 7.73. The number of hydrogen-bond acceptors (Lipinski definition) is 4. The Bertz CT molecular complexity index is 388. The SMILES string of the molecule is NC1CCN(c2n[nH]c(CC3CCCCC3)n2)CC1. The summed E-state index contributed by atoms with van der Waals surface area (Å²) in [6, 6.07) is 0.358. The van der Waals surface area contributed by atoms with Gasteiger partial charge in [-0.15, -0.1) is 5.10 Å². The van der Waals surface area contributed by atoms with Crippen LogP contribution in [0.5, 0.6) is 0 Å². The standard InChI is InChI=1S/C14H25N5/c15-12-6-8-19(9-7-12)14-16-13(17-18-14)10-11-4-2-1-3-5-11/h11-12H,1-10,15H2,(H,16,17,18). The fraction of sp³-hybridized carbons (Fsp3) is 0.857. The van der Waals surface area contributed by atoms with Gasteiger partial charge in [0.25, 0.3) is 0 Å². The Labute approximate surface area is 115 Å².